The van der Waals surface area contributed by atoms with Crippen molar-refractivity contribution in [2.75, 3.05) is 75.9 Å². The number of fused-ring (bicyclic) bond motifs is 6. The molecule has 2 aliphatic heterocycles. The van der Waals surface area contributed by atoms with Gasteiger partial charge in [-0.25, -0.2) is 24.0 Å². The number of amides is 4. The Kier molecular flexibility index (Phi) is 51.3. The average Bonchev–Trinajstić information content (AvgIpc) is 1.39. The molecule has 17 nitrogen and oxygen atoms in total. The lowest BCUT2D eigenvalue weighted by atomic mass is 9.77. The van der Waals surface area contributed by atoms with Crippen molar-refractivity contribution in [2.24, 2.45) is 0 Å². The fraction of sp³-hybridized carbons (Fsp3) is 0.713. The van der Waals surface area contributed by atoms with Crippen LogP contribution in [0.5, 0.6) is 11.5 Å². The standard InChI is InChI=1S/C68H105N5O9.C19H39NO2/c1-5-8-10-12-14-16-18-20-22-24-26-28-30-32-34-38-46-70-66(76)79-51-48-72(7-3)56-42-44-60-62(54-56)81-63-55-57(43-45-61(63)68(60)59-41-37-36-40-58(59)64(74)82-68)73(49-52-78-65(75)69-4)50-53-80-67(77)71-47-39-35-33-31-29-27-25-23-21-19-17-15-13-11-9-6-2;1-2-3-4-5-6-7-8-9-10-11-12-13-14-15-16-17-18-20-19(21)22/h7,36-37,40-45,54-55H,3,5-6,8-35,38-39,46-53H2,1-2,4H3,(H,69,75)(H,70,76)(H,71,77);20H,2-18H2,1H3,(H,21,22). The number of carboxylic acid groups (broad SMARTS) is 1. The number of hydrogen-bond acceptors (Lipinski definition) is 12. The second-order valence-electron chi connectivity index (χ2n) is 29.1. The van der Waals surface area contributed by atoms with Crippen molar-refractivity contribution in [1.82, 2.24) is 21.3 Å². The van der Waals surface area contributed by atoms with E-state index in [1.807, 2.05) is 64.4 Å². The van der Waals surface area contributed by atoms with Gasteiger partial charge in [-0.15, -0.1) is 0 Å². The summed E-state index contributed by atoms with van der Waals surface area (Å²) < 4.78 is 29.9. The van der Waals surface area contributed by atoms with Crippen LogP contribution < -0.4 is 35.8 Å². The fourth-order valence-electron chi connectivity index (χ4n) is 14.2. The molecule has 3 aromatic rings. The zero-order chi connectivity index (χ0) is 74.6. The summed E-state index contributed by atoms with van der Waals surface area (Å²) in [7, 11) is 1.50. The number of benzene rings is 3. The van der Waals surface area contributed by atoms with E-state index < -0.39 is 35.9 Å². The van der Waals surface area contributed by atoms with Crippen molar-refractivity contribution >= 4 is 41.7 Å². The maximum atomic E-state index is 13.7. The molecule has 0 saturated heterocycles. The number of anilines is 2. The van der Waals surface area contributed by atoms with Gasteiger partial charge in [0.2, 0.25) is 0 Å². The van der Waals surface area contributed by atoms with Crippen LogP contribution in [-0.4, -0.2) is 102 Å². The lowest BCUT2D eigenvalue weighted by Gasteiger charge is -2.37. The van der Waals surface area contributed by atoms with Gasteiger partial charge in [-0.3, -0.25) is 0 Å². The molecule has 2 heterocycles. The topological polar surface area (TPSA) is 206 Å². The largest absolute Gasteiger partial charge is 0.465 e. The van der Waals surface area contributed by atoms with Crippen molar-refractivity contribution < 1.29 is 52.8 Å². The van der Waals surface area contributed by atoms with Crippen LogP contribution >= 0.6 is 0 Å². The van der Waals surface area contributed by atoms with Crippen LogP contribution in [0.3, 0.4) is 0 Å². The molecule has 104 heavy (non-hydrogen) atoms. The summed E-state index contributed by atoms with van der Waals surface area (Å²) in [5.41, 5.74) is 2.57. The second kappa shape index (κ2) is 59.5. The van der Waals surface area contributed by atoms with Crippen LogP contribution in [0.2, 0.25) is 0 Å². The highest BCUT2D eigenvalue weighted by Crippen LogP contribution is 2.57. The van der Waals surface area contributed by atoms with E-state index in [0.29, 0.717) is 72.2 Å². The zero-order valence-corrected chi connectivity index (χ0v) is 65.8. The minimum atomic E-state index is -1.32. The highest BCUT2D eigenvalue weighted by atomic mass is 16.6. The molecule has 0 saturated carbocycles. The van der Waals surface area contributed by atoms with E-state index >= 15 is 0 Å². The summed E-state index contributed by atoms with van der Waals surface area (Å²) in [5, 5.41) is 19.1. The molecular formula is C87H144N6O11. The number of esters is 1. The number of nitrogens with one attached hydrogen (secondary N) is 4. The van der Waals surface area contributed by atoms with Gasteiger partial charge in [-0.05, 0) is 55.8 Å². The number of carbonyl (C=O) groups is 5. The minimum Gasteiger partial charge on any atom is -0.465 e. The predicted molar refractivity (Wildman–Crippen MR) is 428 cm³/mol. The van der Waals surface area contributed by atoms with Gasteiger partial charge >= 0.3 is 30.3 Å². The number of unbranched alkanes of at least 4 members (excludes halogenated alkanes) is 45. The second-order valence-corrected chi connectivity index (χ2v) is 29.1. The number of rotatable bonds is 63. The van der Waals surface area contributed by atoms with Crippen LogP contribution in [0.1, 0.15) is 356 Å². The monoisotopic (exact) mass is 1450 g/mol. The third-order valence-electron chi connectivity index (χ3n) is 20.5. The summed E-state index contributed by atoms with van der Waals surface area (Å²) in [4.78, 5) is 65.4. The maximum Gasteiger partial charge on any atom is 0.407 e. The SMILES string of the molecule is C=CN(CCOC(=O)NCCCCCCCCCCCCCCCCCC)c1ccc2c(c1)Oc1cc(N(CCOC(=O)NC)CCOC(=O)NCCCCCCCCCCCCCCCCCC)ccc1C21OC(=O)c2ccccc21.CCCCCCCCCCCCCCCCCCNC(=O)O. The zero-order valence-electron chi connectivity index (χ0n) is 65.8. The molecule has 1 spiro atoms. The molecule has 3 aromatic carbocycles. The minimum absolute atomic E-state index is 0.0620. The highest BCUT2D eigenvalue weighted by molar-refractivity contribution is 5.97. The number of ether oxygens (including phenoxy) is 5. The Hall–Kier alpha value is -6.65. The Morgan fingerprint density at radius 3 is 1.12 bits per heavy atom. The molecule has 2 aliphatic rings. The smallest absolute Gasteiger partial charge is 0.407 e. The van der Waals surface area contributed by atoms with E-state index in [1.54, 1.807) is 12.3 Å². The Morgan fingerprint density at radius 1 is 0.423 bits per heavy atom. The highest BCUT2D eigenvalue weighted by Gasteiger charge is 2.53. The van der Waals surface area contributed by atoms with Crippen LogP contribution in [0.15, 0.2) is 73.4 Å². The molecule has 17 heteroatoms. The molecule has 1 unspecified atom stereocenters. The van der Waals surface area contributed by atoms with E-state index in [0.717, 1.165) is 44.2 Å². The molecular weight excluding hydrogens is 1300 g/mol. The Balaban J connectivity index is 0.000000891. The van der Waals surface area contributed by atoms with Gasteiger partial charge in [-0.1, -0.05) is 334 Å². The lowest BCUT2D eigenvalue weighted by Crippen LogP contribution is -2.35. The van der Waals surface area contributed by atoms with Gasteiger partial charge in [0, 0.05) is 66.9 Å². The van der Waals surface area contributed by atoms with Gasteiger partial charge in [0.15, 0.2) is 5.60 Å². The molecule has 0 fully saturated rings. The van der Waals surface area contributed by atoms with Crippen LogP contribution in [0.4, 0.5) is 30.6 Å². The Bertz CT molecular complexity index is 2750. The number of nitrogens with zero attached hydrogens (tertiary/aromatic N) is 2. The van der Waals surface area contributed by atoms with Gasteiger partial charge in [-0.2, -0.15) is 0 Å². The molecule has 5 N–H and O–H groups in total. The van der Waals surface area contributed by atoms with Crippen LogP contribution in [0.25, 0.3) is 0 Å². The maximum absolute atomic E-state index is 13.7. The molecule has 0 aromatic heterocycles. The number of alkyl carbamates (subject to hydrolysis) is 3. The normalized spacial score (nSPS) is 13.1. The predicted octanol–water partition coefficient (Wildman–Crippen LogP) is 23.9. The van der Waals surface area contributed by atoms with Gasteiger partial charge in [0.1, 0.15) is 31.3 Å². The lowest BCUT2D eigenvalue weighted by molar-refractivity contribution is 0.0224. The van der Waals surface area contributed by atoms with Crippen molar-refractivity contribution in [3.05, 3.63) is 95.7 Å². The first-order valence-electron chi connectivity index (χ1n) is 42.1. The summed E-state index contributed by atoms with van der Waals surface area (Å²) in [5.74, 6) is 0.476. The van der Waals surface area contributed by atoms with Crippen molar-refractivity contribution in [1.29, 1.82) is 0 Å². The first-order chi connectivity index (χ1) is 51.0. The van der Waals surface area contributed by atoms with Gasteiger partial charge in [0.25, 0.3) is 0 Å². The van der Waals surface area contributed by atoms with Gasteiger partial charge < -0.3 is 59.9 Å². The summed E-state index contributed by atoms with van der Waals surface area (Å²) >= 11 is 0. The van der Waals surface area contributed by atoms with E-state index in [2.05, 4.69) is 48.6 Å². The number of hydrogen-bond donors (Lipinski definition) is 5. The average molecular weight is 1450 g/mol. The molecule has 0 aliphatic carbocycles. The summed E-state index contributed by atoms with van der Waals surface area (Å²) in [6.07, 6.45) is 62.3. The molecule has 0 radical (unpaired) electrons. The van der Waals surface area contributed by atoms with Crippen molar-refractivity contribution in [3.8, 4) is 11.5 Å². The van der Waals surface area contributed by atoms with Gasteiger partial charge in [0.05, 0.1) is 25.2 Å². The third kappa shape index (κ3) is 38.6. The third-order valence-corrected chi connectivity index (χ3v) is 20.5. The molecule has 588 valence electrons. The first-order valence-corrected chi connectivity index (χ1v) is 42.1. The molecule has 1 atom stereocenters. The van der Waals surface area contributed by atoms with E-state index in [1.165, 1.54) is 277 Å². The van der Waals surface area contributed by atoms with E-state index in [9.17, 15) is 24.0 Å². The number of carbonyl (C=O) groups excluding carboxylic acids is 4. The quantitative estimate of drug-likeness (QED) is 0.0203. The Morgan fingerprint density at radius 2 is 0.750 bits per heavy atom. The summed E-state index contributed by atoms with van der Waals surface area (Å²) in [6.45, 7) is 13.8. The van der Waals surface area contributed by atoms with Crippen molar-refractivity contribution in [3.63, 3.8) is 0 Å². The van der Waals surface area contributed by atoms with Crippen LogP contribution in [0, 0.1) is 0 Å². The van der Waals surface area contributed by atoms with E-state index in [4.69, 9.17) is 28.8 Å². The van der Waals surface area contributed by atoms with E-state index in [-0.39, 0.29) is 26.4 Å². The summed E-state index contributed by atoms with van der Waals surface area (Å²) in [6, 6.07) is 18.8. The first kappa shape index (κ1) is 89.7. The van der Waals surface area contributed by atoms with Crippen LogP contribution in [-0.2, 0) is 24.5 Å². The van der Waals surface area contributed by atoms with Crippen molar-refractivity contribution in [2.45, 2.75) is 335 Å². The molecule has 5 rings (SSSR count). The Labute approximate surface area is 630 Å². The fourth-order valence-corrected chi connectivity index (χ4v) is 14.2. The molecule has 4 amide bonds. The molecule has 0 bridgehead atoms.